The molecule has 0 saturated heterocycles. The van der Waals surface area contributed by atoms with Crippen LogP contribution in [0.2, 0.25) is 0 Å². The van der Waals surface area contributed by atoms with Gasteiger partial charge in [-0.05, 0) is 18.6 Å². The molecule has 0 spiro atoms. The molecule has 7 nitrogen and oxygen atoms in total. The number of nitrogens with one attached hydrogen (secondary N) is 3. The molecule has 0 aliphatic carbocycles. The molecule has 0 amide bonds. The third kappa shape index (κ3) is 3.22. The number of benzene rings is 1. The van der Waals surface area contributed by atoms with E-state index in [1.807, 2.05) is 6.92 Å². The lowest BCUT2D eigenvalue weighted by atomic mass is 10.1. The fourth-order valence-electron chi connectivity index (χ4n) is 1.76. The first-order valence-electron chi connectivity index (χ1n) is 6.35. The zero-order valence-electron chi connectivity index (χ0n) is 11.8. The molecule has 2 rings (SSSR count). The maximum absolute atomic E-state index is 12.3. The Labute approximate surface area is 123 Å². The van der Waals surface area contributed by atoms with Gasteiger partial charge in [0.1, 0.15) is 11.7 Å². The van der Waals surface area contributed by atoms with Crippen LogP contribution in [0.3, 0.4) is 0 Å². The summed E-state index contributed by atoms with van der Waals surface area (Å²) in [6.45, 7) is 3.65. The number of hydrogen-bond acceptors (Lipinski definition) is 4. The maximum atomic E-state index is 12.3. The third-order valence-electron chi connectivity index (χ3n) is 3.02. The van der Waals surface area contributed by atoms with Crippen LogP contribution in [0.15, 0.2) is 29.4 Å². The van der Waals surface area contributed by atoms with E-state index in [2.05, 4.69) is 14.7 Å². The van der Waals surface area contributed by atoms with Gasteiger partial charge in [0.2, 0.25) is 0 Å². The van der Waals surface area contributed by atoms with Crippen LogP contribution in [0.4, 0.5) is 5.69 Å². The summed E-state index contributed by atoms with van der Waals surface area (Å²) in [6, 6.07) is 4.91. The minimum absolute atomic E-state index is 0.00646. The van der Waals surface area contributed by atoms with Gasteiger partial charge in [-0.1, -0.05) is 19.1 Å². The minimum atomic E-state index is -3.75. The Morgan fingerprint density at radius 3 is 2.76 bits per heavy atom. The molecule has 1 aromatic heterocycles. The number of sulfonamides is 1. The van der Waals surface area contributed by atoms with E-state index in [-0.39, 0.29) is 10.9 Å². The van der Waals surface area contributed by atoms with Crippen LogP contribution < -0.4 is 10.5 Å². The van der Waals surface area contributed by atoms with Crippen molar-refractivity contribution >= 4 is 21.5 Å². The molecular weight excluding hydrogens is 290 g/mol. The van der Waals surface area contributed by atoms with Crippen LogP contribution >= 0.6 is 0 Å². The molecule has 0 radical (unpaired) electrons. The lowest BCUT2D eigenvalue weighted by Crippen LogP contribution is -2.16. The Kier molecular flexibility index (Phi) is 3.99. The number of imidazole rings is 1. The van der Waals surface area contributed by atoms with Crippen molar-refractivity contribution in [1.29, 1.82) is 5.41 Å². The molecule has 0 saturated carbocycles. The number of hydrogen-bond donors (Lipinski definition) is 4. The lowest BCUT2D eigenvalue weighted by molar-refractivity contribution is 0.598. The number of nitrogens with zero attached hydrogens (tertiary/aromatic N) is 1. The van der Waals surface area contributed by atoms with Gasteiger partial charge in [-0.3, -0.25) is 10.1 Å². The van der Waals surface area contributed by atoms with Gasteiger partial charge in [0.25, 0.3) is 10.0 Å². The largest absolute Gasteiger partial charge is 0.384 e. The summed E-state index contributed by atoms with van der Waals surface area (Å²) in [5, 5.41) is 7.42. The quantitative estimate of drug-likeness (QED) is 0.491. The van der Waals surface area contributed by atoms with Gasteiger partial charge in [0.05, 0.1) is 11.9 Å². The smallest absolute Gasteiger partial charge is 0.278 e. The maximum Gasteiger partial charge on any atom is 0.278 e. The zero-order chi connectivity index (χ0) is 15.6. The van der Waals surface area contributed by atoms with Gasteiger partial charge in [-0.15, -0.1) is 0 Å². The van der Waals surface area contributed by atoms with E-state index in [1.165, 1.54) is 12.3 Å². The van der Waals surface area contributed by atoms with E-state index in [4.69, 9.17) is 11.1 Å². The summed E-state index contributed by atoms with van der Waals surface area (Å²) in [6.07, 6.45) is 1.90. The summed E-state index contributed by atoms with van der Waals surface area (Å²) < 4.78 is 27.1. The number of aromatic amines is 1. The summed E-state index contributed by atoms with van der Waals surface area (Å²) in [5.41, 5.74) is 6.99. The molecule has 0 aliphatic heterocycles. The van der Waals surface area contributed by atoms with Crippen molar-refractivity contribution in [2.75, 3.05) is 4.72 Å². The molecule has 0 aliphatic rings. The summed E-state index contributed by atoms with van der Waals surface area (Å²) in [7, 11) is -3.75. The first-order valence-corrected chi connectivity index (χ1v) is 7.83. The molecule has 0 unspecified atom stereocenters. The molecule has 0 bridgehead atoms. The van der Waals surface area contributed by atoms with Gasteiger partial charge in [-0.25, -0.2) is 4.98 Å². The predicted molar refractivity (Wildman–Crippen MR) is 81.0 cm³/mol. The van der Waals surface area contributed by atoms with Crippen molar-refractivity contribution in [3.63, 3.8) is 0 Å². The molecule has 8 heteroatoms. The van der Waals surface area contributed by atoms with Crippen molar-refractivity contribution in [1.82, 2.24) is 9.97 Å². The fourth-order valence-corrected chi connectivity index (χ4v) is 2.82. The molecule has 2 aromatic rings. The molecule has 1 aromatic carbocycles. The van der Waals surface area contributed by atoms with Crippen molar-refractivity contribution in [2.24, 2.45) is 5.73 Å². The second kappa shape index (κ2) is 5.57. The number of nitrogen functional groups attached to an aromatic ring is 1. The molecule has 5 N–H and O–H groups in total. The molecular formula is C13H17N5O2S. The molecule has 0 fully saturated rings. The van der Waals surface area contributed by atoms with Crippen molar-refractivity contribution < 1.29 is 8.42 Å². The van der Waals surface area contributed by atoms with Crippen LogP contribution in [-0.2, 0) is 16.4 Å². The van der Waals surface area contributed by atoms with E-state index in [9.17, 15) is 8.42 Å². The van der Waals surface area contributed by atoms with Crippen LogP contribution in [-0.4, -0.2) is 24.2 Å². The number of anilines is 1. The summed E-state index contributed by atoms with van der Waals surface area (Å²) in [5.74, 6) is 0.481. The van der Waals surface area contributed by atoms with E-state index in [1.54, 1.807) is 19.1 Å². The monoisotopic (exact) mass is 307 g/mol. The number of aromatic nitrogens is 2. The lowest BCUT2D eigenvalue weighted by Gasteiger charge is -2.10. The fraction of sp³-hybridized carbons (Fsp3) is 0.231. The third-order valence-corrected chi connectivity index (χ3v) is 4.30. The van der Waals surface area contributed by atoms with Crippen molar-refractivity contribution in [3.05, 3.63) is 41.3 Å². The highest BCUT2D eigenvalue weighted by molar-refractivity contribution is 7.92. The number of nitrogens with two attached hydrogens (primary N) is 1. The zero-order valence-corrected chi connectivity index (χ0v) is 12.6. The normalized spacial score (nSPS) is 11.3. The number of rotatable bonds is 5. The summed E-state index contributed by atoms with van der Waals surface area (Å²) >= 11 is 0. The van der Waals surface area contributed by atoms with E-state index in [0.29, 0.717) is 23.5 Å². The Morgan fingerprint density at radius 1 is 1.48 bits per heavy atom. The predicted octanol–water partition coefficient (Wildman–Crippen LogP) is 1.37. The van der Waals surface area contributed by atoms with Gasteiger partial charge in [0, 0.05) is 12.0 Å². The first-order chi connectivity index (χ1) is 9.83. The highest BCUT2D eigenvalue weighted by atomic mass is 32.2. The Balaban J connectivity index is 2.36. The molecule has 21 heavy (non-hydrogen) atoms. The number of aryl methyl sites for hydroxylation is 2. The van der Waals surface area contributed by atoms with Crippen molar-refractivity contribution in [3.8, 4) is 0 Å². The second-order valence-corrected chi connectivity index (χ2v) is 6.25. The molecule has 112 valence electrons. The Bertz CT molecular complexity index is 780. The van der Waals surface area contributed by atoms with Crippen LogP contribution in [0, 0.1) is 12.3 Å². The van der Waals surface area contributed by atoms with Crippen molar-refractivity contribution in [2.45, 2.75) is 25.3 Å². The SMILES string of the molecule is CCc1ncc(S(=O)(=O)Nc2cc(C(=N)N)ccc2C)[nH]1. The van der Waals surface area contributed by atoms with Gasteiger partial charge in [-0.2, -0.15) is 8.42 Å². The summed E-state index contributed by atoms with van der Waals surface area (Å²) in [4.78, 5) is 6.73. The van der Waals surface area contributed by atoms with Crippen LogP contribution in [0.1, 0.15) is 23.9 Å². The van der Waals surface area contributed by atoms with E-state index in [0.717, 1.165) is 5.56 Å². The highest BCUT2D eigenvalue weighted by Gasteiger charge is 2.18. The average molecular weight is 307 g/mol. The van der Waals surface area contributed by atoms with Gasteiger partial charge in [0.15, 0.2) is 5.03 Å². The van der Waals surface area contributed by atoms with E-state index < -0.39 is 10.0 Å². The first kappa shape index (κ1) is 15.0. The van der Waals surface area contributed by atoms with Crippen LogP contribution in [0.25, 0.3) is 0 Å². The molecule has 0 atom stereocenters. The number of H-pyrrole nitrogens is 1. The minimum Gasteiger partial charge on any atom is -0.384 e. The second-order valence-electron chi connectivity index (χ2n) is 4.60. The topological polar surface area (TPSA) is 125 Å². The Morgan fingerprint density at radius 2 is 2.19 bits per heavy atom. The van der Waals surface area contributed by atoms with Gasteiger partial charge >= 0.3 is 0 Å². The van der Waals surface area contributed by atoms with Crippen LogP contribution in [0.5, 0.6) is 0 Å². The standard InChI is InChI=1S/C13H17N5O2S/c1-3-11-16-7-12(17-11)21(19,20)18-10-6-9(13(14)15)5-4-8(10)2/h4-7,18H,3H2,1-2H3,(H3,14,15)(H,16,17). The van der Waals surface area contributed by atoms with Gasteiger partial charge < -0.3 is 10.7 Å². The highest BCUT2D eigenvalue weighted by Crippen LogP contribution is 2.20. The van der Waals surface area contributed by atoms with E-state index >= 15 is 0 Å². The average Bonchev–Trinajstić information content (AvgIpc) is 2.90. The Hall–Kier alpha value is -2.35. The number of amidine groups is 1. The molecule has 1 heterocycles.